The van der Waals surface area contributed by atoms with Crippen molar-refractivity contribution in [2.75, 3.05) is 4.90 Å². The third kappa shape index (κ3) is 3.77. The van der Waals surface area contributed by atoms with Crippen LogP contribution < -0.4 is 4.90 Å². The molecule has 188 valence electrons. The number of thiophene rings is 1. The highest BCUT2D eigenvalue weighted by Gasteiger charge is 2.16. The second kappa shape index (κ2) is 9.37. The number of fused-ring (bicyclic) bond motifs is 7. The molecule has 1 nitrogen and oxygen atoms in total. The first-order chi connectivity index (χ1) is 19.8. The number of benzene rings is 7. The first-order valence-corrected chi connectivity index (χ1v) is 14.4. The molecule has 0 fully saturated rings. The van der Waals surface area contributed by atoms with E-state index in [0.717, 1.165) is 17.1 Å². The van der Waals surface area contributed by atoms with Crippen LogP contribution in [0.3, 0.4) is 0 Å². The van der Waals surface area contributed by atoms with E-state index in [1.807, 2.05) is 11.3 Å². The van der Waals surface area contributed by atoms with Crippen LogP contribution in [0.25, 0.3) is 52.8 Å². The highest BCUT2D eigenvalue weighted by molar-refractivity contribution is 7.26. The van der Waals surface area contributed by atoms with Crippen LogP contribution >= 0.6 is 11.3 Å². The van der Waals surface area contributed by atoms with Crippen molar-refractivity contribution < 1.29 is 0 Å². The minimum absolute atomic E-state index is 1.14. The summed E-state index contributed by atoms with van der Waals surface area (Å²) in [6.45, 7) is 0. The third-order valence-corrected chi connectivity index (χ3v) is 9.02. The van der Waals surface area contributed by atoms with E-state index in [1.54, 1.807) is 0 Å². The minimum Gasteiger partial charge on any atom is -0.310 e. The Morgan fingerprint density at radius 2 is 1.05 bits per heavy atom. The second-order valence-electron chi connectivity index (χ2n) is 10.2. The molecule has 0 aliphatic heterocycles. The fraction of sp³-hybridized carbons (Fsp3) is 0. The van der Waals surface area contributed by atoms with Gasteiger partial charge in [-0.2, -0.15) is 0 Å². The minimum atomic E-state index is 1.14. The maximum absolute atomic E-state index is 2.38. The van der Waals surface area contributed by atoms with Gasteiger partial charge in [-0.05, 0) is 69.8 Å². The highest BCUT2D eigenvalue weighted by Crippen LogP contribution is 2.43. The average Bonchev–Trinajstić information content (AvgIpc) is 3.41. The average molecular weight is 528 g/mol. The number of rotatable bonds is 4. The maximum Gasteiger partial charge on any atom is 0.0468 e. The lowest BCUT2D eigenvalue weighted by Crippen LogP contribution is -2.09. The Bertz CT molecular complexity index is 2160. The molecule has 0 spiro atoms. The molecular weight excluding hydrogens is 502 g/mol. The van der Waals surface area contributed by atoms with E-state index in [0.29, 0.717) is 0 Å². The summed E-state index contributed by atoms with van der Waals surface area (Å²) in [5, 5.41) is 7.83. The molecule has 8 aromatic rings. The van der Waals surface area contributed by atoms with E-state index in [2.05, 4.69) is 157 Å². The van der Waals surface area contributed by atoms with E-state index in [9.17, 15) is 0 Å². The summed E-state index contributed by atoms with van der Waals surface area (Å²) in [4.78, 5) is 2.37. The lowest BCUT2D eigenvalue weighted by Gasteiger charge is -2.26. The molecule has 0 saturated heterocycles. The molecule has 2 heteroatoms. The largest absolute Gasteiger partial charge is 0.310 e. The molecule has 1 aromatic heterocycles. The van der Waals surface area contributed by atoms with Crippen molar-refractivity contribution in [3.05, 3.63) is 152 Å². The lowest BCUT2D eigenvalue weighted by molar-refractivity contribution is 1.29. The predicted octanol–water partition coefficient (Wildman–Crippen LogP) is 11.5. The summed E-state index contributed by atoms with van der Waals surface area (Å²) < 4.78 is 2.69. The SMILES string of the molecule is c1ccc(-c2cccc(N(c3ccccc3)c3ccc4ccc5ccc6c7ccccc7sc6c5c4c3)c2)cc1. The third-order valence-electron chi connectivity index (χ3n) is 7.81. The van der Waals surface area contributed by atoms with Crippen molar-refractivity contribution >= 4 is 70.1 Å². The van der Waals surface area contributed by atoms with E-state index in [4.69, 9.17) is 0 Å². The summed E-state index contributed by atoms with van der Waals surface area (Å²) >= 11 is 1.90. The Labute approximate surface area is 237 Å². The van der Waals surface area contributed by atoms with Gasteiger partial charge in [-0.1, -0.05) is 109 Å². The van der Waals surface area contributed by atoms with Crippen molar-refractivity contribution in [2.45, 2.75) is 0 Å². The summed E-state index contributed by atoms with van der Waals surface area (Å²) in [6, 6.07) is 54.9. The quantitative estimate of drug-likeness (QED) is 0.206. The van der Waals surface area contributed by atoms with Crippen LogP contribution in [-0.4, -0.2) is 0 Å². The van der Waals surface area contributed by atoms with Crippen LogP contribution in [-0.2, 0) is 0 Å². The zero-order valence-electron chi connectivity index (χ0n) is 21.8. The Kier molecular flexibility index (Phi) is 5.39. The first kappa shape index (κ1) is 23.0. The summed E-state index contributed by atoms with van der Waals surface area (Å²) in [5.74, 6) is 0. The second-order valence-corrected chi connectivity index (χ2v) is 11.2. The van der Waals surface area contributed by atoms with Gasteiger partial charge in [0.2, 0.25) is 0 Å². The van der Waals surface area contributed by atoms with Crippen molar-refractivity contribution in [2.24, 2.45) is 0 Å². The molecule has 1 heterocycles. The molecule has 0 aliphatic carbocycles. The molecule has 0 atom stereocenters. The van der Waals surface area contributed by atoms with Gasteiger partial charge in [-0.25, -0.2) is 0 Å². The zero-order valence-corrected chi connectivity index (χ0v) is 22.6. The molecule has 0 aliphatic rings. The molecule has 0 N–H and O–H groups in total. The van der Waals surface area contributed by atoms with Crippen LogP contribution in [0.15, 0.2) is 152 Å². The van der Waals surface area contributed by atoms with E-state index < -0.39 is 0 Å². The van der Waals surface area contributed by atoms with Gasteiger partial charge in [-0.3, -0.25) is 0 Å². The normalized spacial score (nSPS) is 11.5. The molecular formula is C38H25NS. The van der Waals surface area contributed by atoms with Crippen molar-refractivity contribution in [1.82, 2.24) is 0 Å². The van der Waals surface area contributed by atoms with Crippen molar-refractivity contribution in [3.63, 3.8) is 0 Å². The number of hydrogen-bond donors (Lipinski definition) is 0. The fourth-order valence-electron chi connectivity index (χ4n) is 5.93. The molecule has 0 radical (unpaired) electrons. The van der Waals surface area contributed by atoms with Gasteiger partial charge in [0.05, 0.1) is 0 Å². The Hall–Kier alpha value is -4.92. The predicted molar refractivity (Wildman–Crippen MR) is 174 cm³/mol. The number of anilines is 3. The number of para-hydroxylation sites is 1. The van der Waals surface area contributed by atoms with E-state index >= 15 is 0 Å². The topological polar surface area (TPSA) is 3.24 Å². The Morgan fingerprint density at radius 1 is 0.400 bits per heavy atom. The van der Waals surface area contributed by atoms with Crippen molar-refractivity contribution in [3.8, 4) is 11.1 Å². The first-order valence-electron chi connectivity index (χ1n) is 13.6. The molecule has 7 aromatic carbocycles. The smallest absolute Gasteiger partial charge is 0.0468 e. The summed E-state index contributed by atoms with van der Waals surface area (Å²) in [6.07, 6.45) is 0. The van der Waals surface area contributed by atoms with Crippen molar-refractivity contribution in [1.29, 1.82) is 0 Å². The van der Waals surface area contributed by atoms with E-state index in [-0.39, 0.29) is 0 Å². The molecule has 0 saturated carbocycles. The van der Waals surface area contributed by atoms with Gasteiger partial charge in [0.25, 0.3) is 0 Å². The standard InChI is InChI=1S/C38H25NS/c1-3-10-26(11-4-1)29-12-9-15-31(24-29)39(30-13-5-2-6-14-30)32-22-20-27-18-19-28-21-23-34-33-16-7-8-17-36(33)40-38(34)37(28)35(27)25-32/h1-25H. The number of nitrogens with zero attached hydrogens (tertiary/aromatic N) is 1. The lowest BCUT2D eigenvalue weighted by atomic mass is 9.98. The zero-order chi connectivity index (χ0) is 26.5. The molecule has 0 unspecified atom stereocenters. The summed E-state index contributed by atoms with van der Waals surface area (Å²) in [5.41, 5.74) is 5.85. The number of hydrogen-bond acceptors (Lipinski definition) is 2. The van der Waals surface area contributed by atoms with Gasteiger partial charge in [0.1, 0.15) is 0 Å². The monoisotopic (exact) mass is 527 g/mol. The molecule has 40 heavy (non-hydrogen) atoms. The maximum atomic E-state index is 2.38. The molecule has 0 bridgehead atoms. The van der Waals surface area contributed by atoms with Crippen LogP contribution in [0.2, 0.25) is 0 Å². The summed E-state index contributed by atoms with van der Waals surface area (Å²) in [7, 11) is 0. The molecule has 8 rings (SSSR count). The van der Waals surface area contributed by atoms with Crippen LogP contribution in [0.5, 0.6) is 0 Å². The highest BCUT2D eigenvalue weighted by atomic mass is 32.1. The Balaban J connectivity index is 1.39. The Morgan fingerprint density at radius 3 is 1.93 bits per heavy atom. The van der Waals surface area contributed by atoms with Crippen LogP contribution in [0.1, 0.15) is 0 Å². The van der Waals surface area contributed by atoms with Gasteiger partial charge >= 0.3 is 0 Å². The van der Waals surface area contributed by atoms with Crippen LogP contribution in [0.4, 0.5) is 17.1 Å². The van der Waals surface area contributed by atoms with E-state index in [1.165, 1.54) is 52.8 Å². The van der Waals surface area contributed by atoms with Crippen LogP contribution in [0, 0.1) is 0 Å². The fourth-order valence-corrected chi connectivity index (χ4v) is 7.20. The van der Waals surface area contributed by atoms with Gasteiger partial charge < -0.3 is 4.90 Å². The van der Waals surface area contributed by atoms with Gasteiger partial charge in [0.15, 0.2) is 0 Å². The van der Waals surface area contributed by atoms with Gasteiger partial charge in [-0.15, -0.1) is 11.3 Å². The molecule has 0 amide bonds. The van der Waals surface area contributed by atoms with Gasteiger partial charge in [0, 0.05) is 42.6 Å².